The molecular weight excluding hydrogens is 380 g/mol. The Labute approximate surface area is 176 Å². The molecule has 0 aliphatic rings. The van der Waals surface area contributed by atoms with Gasteiger partial charge in [0, 0.05) is 19.3 Å². The van der Waals surface area contributed by atoms with Crippen LogP contribution in [0.25, 0.3) is 0 Å². The monoisotopic (exact) mass is 406 g/mol. The van der Waals surface area contributed by atoms with Gasteiger partial charge in [0.2, 0.25) is 5.91 Å². The Balaban J connectivity index is 1.79. The van der Waals surface area contributed by atoms with Gasteiger partial charge in [0.05, 0.1) is 19.3 Å². The number of anilines is 2. The molecule has 156 valence electrons. The normalized spacial score (nSPS) is 10.5. The minimum Gasteiger partial charge on any atom is -0.462 e. The molecule has 0 fully saturated rings. The van der Waals surface area contributed by atoms with Crippen molar-refractivity contribution in [2.45, 2.75) is 20.4 Å². The zero-order chi connectivity index (χ0) is 21.5. The fourth-order valence-electron chi connectivity index (χ4n) is 3.09. The molecule has 0 aliphatic carbocycles. The van der Waals surface area contributed by atoms with Crippen molar-refractivity contribution in [2.75, 3.05) is 23.4 Å². The second kappa shape index (κ2) is 9.73. The molecule has 7 heteroatoms. The molecule has 0 aliphatic heterocycles. The number of rotatable bonds is 8. The molecule has 0 spiro atoms. The maximum atomic E-state index is 12.9. The number of aromatic nitrogens is 2. The molecule has 0 bridgehead atoms. The van der Waals surface area contributed by atoms with E-state index in [1.54, 1.807) is 14.0 Å². The van der Waals surface area contributed by atoms with Crippen molar-refractivity contribution >= 4 is 23.4 Å². The summed E-state index contributed by atoms with van der Waals surface area (Å²) >= 11 is 0. The molecule has 0 radical (unpaired) electrons. The van der Waals surface area contributed by atoms with E-state index in [0.29, 0.717) is 12.4 Å². The lowest BCUT2D eigenvalue weighted by atomic mass is 10.1. The standard InChI is InChI=1S/C23H26N4O3/c1-4-30-23(29)20-14-24-26(3)22(20)25-21(28)16-27(15-18-8-6-5-7-9-18)19-12-10-17(2)11-13-19/h5-14H,4,15-16H2,1-3H3,(H,25,28). The largest absolute Gasteiger partial charge is 0.462 e. The summed E-state index contributed by atoms with van der Waals surface area (Å²) in [6, 6.07) is 18.0. The summed E-state index contributed by atoms with van der Waals surface area (Å²) in [4.78, 5) is 27.0. The zero-order valence-corrected chi connectivity index (χ0v) is 17.5. The van der Waals surface area contributed by atoms with E-state index in [1.165, 1.54) is 10.9 Å². The van der Waals surface area contributed by atoms with Crippen LogP contribution in [0, 0.1) is 6.92 Å². The molecule has 3 rings (SSSR count). The molecule has 3 aromatic rings. The number of aryl methyl sites for hydroxylation is 2. The molecule has 0 saturated heterocycles. The first-order valence-electron chi connectivity index (χ1n) is 9.82. The number of nitrogens with zero attached hydrogens (tertiary/aromatic N) is 3. The lowest BCUT2D eigenvalue weighted by Crippen LogP contribution is -2.33. The first-order chi connectivity index (χ1) is 14.5. The number of amides is 1. The Morgan fingerprint density at radius 2 is 1.80 bits per heavy atom. The molecule has 7 nitrogen and oxygen atoms in total. The highest BCUT2D eigenvalue weighted by atomic mass is 16.5. The van der Waals surface area contributed by atoms with Crippen LogP contribution in [0.4, 0.5) is 11.5 Å². The van der Waals surface area contributed by atoms with Crippen molar-refractivity contribution < 1.29 is 14.3 Å². The molecule has 0 saturated carbocycles. The first kappa shape index (κ1) is 21.1. The van der Waals surface area contributed by atoms with Gasteiger partial charge in [-0.05, 0) is 31.5 Å². The maximum absolute atomic E-state index is 12.9. The molecule has 2 aromatic carbocycles. The van der Waals surface area contributed by atoms with Gasteiger partial charge in [0.1, 0.15) is 11.4 Å². The number of benzene rings is 2. The molecule has 0 unspecified atom stereocenters. The number of hydrogen-bond donors (Lipinski definition) is 1. The van der Waals surface area contributed by atoms with E-state index in [1.807, 2.05) is 66.4 Å². The average molecular weight is 406 g/mol. The second-order valence-corrected chi connectivity index (χ2v) is 6.98. The fraction of sp³-hybridized carbons (Fsp3) is 0.261. The summed E-state index contributed by atoms with van der Waals surface area (Å²) < 4.78 is 6.51. The van der Waals surface area contributed by atoms with E-state index in [9.17, 15) is 9.59 Å². The van der Waals surface area contributed by atoms with Gasteiger partial charge in [-0.1, -0.05) is 48.0 Å². The van der Waals surface area contributed by atoms with Gasteiger partial charge in [-0.15, -0.1) is 0 Å². The highest BCUT2D eigenvalue weighted by Gasteiger charge is 2.20. The van der Waals surface area contributed by atoms with Crippen LogP contribution in [-0.4, -0.2) is 34.8 Å². The van der Waals surface area contributed by atoms with Crippen LogP contribution in [0.1, 0.15) is 28.4 Å². The molecule has 30 heavy (non-hydrogen) atoms. The lowest BCUT2D eigenvalue weighted by molar-refractivity contribution is -0.115. The summed E-state index contributed by atoms with van der Waals surface area (Å²) in [7, 11) is 1.67. The minimum atomic E-state index is -0.513. The number of esters is 1. The predicted octanol–water partition coefficient (Wildman–Crippen LogP) is 3.55. The Kier molecular flexibility index (Phi) is 6.85. The van der Waals surface area contributed by atoms with Crippen molar-refractivity contribution in [3.63, 3.8) is 0 Å². The summed E-state index contributed by atoms with van der Waals surface area (Å²) in [5.74, 6) is -0.441. The number of ether oxygens (including phenoxy) is 1. The Morgan fingerprint density at radius 3 is 2.47 bits per heavy atom. The van der Waals surface area contributed by atoms with Crippen molar-refractivity contribution in [1.29, 1.82) is 0 Å². The van der Waals surface area contributed by atoms with Gasteiger partial charge in [0.25, 0.3) is 0 Å². The topological polar surface area (TPSA) is 76.5 Å². The maximum Gasteiger partial charge on any atom is 0.343 e. The summed E-state index contributed by atoms with van der Waals surface area (Å²) in [5.41, 5.74) is 3.42. The molecule has 1 heterocycles. The summed E-state index contributed by atoms with van der Waals surface area (Å²) in [6.07, 6.45) is 1.40. The predicted molar refractivity (Wildman–Crippen MR) is 116 cm³/mol. The van der Waals surface area contributed by atoms with Gasteiger partial charge in [-0.25, -0.2) is 4.79 Å². The van der Waals surface area contributed by atoms with Crippen molar-refractivity contribution in [3.05, 3.63) is 77.5 Å². The summed E-state index contributed by atoms with van der Waals surface area (Å²) in [6.45, 7) is 4.70. The third-order valence-electron chi connectivity index (χ3n) is 4.64. The molecule has 1 N–H and O–H groups in total. The molecule has 1 amide bonds. The van der Waals surface area contributed by atoms with Crippen LogP contribution in [0.5, 0.6) is 0 Å². The number of hydrogen-bond acceptors (Lipinski definition) is 5. The smallest absolute Gasteiger partial charge is 0.343 e. The van der Waals surface area contributed by atoms with Crippen LogP contribution in [0.3, 0.4) is 0 Å². The van der Waals surface area contributed by atoms with E-state index < -0.39 is 5.97 Å². The van der Waals surface area contributed by atoms with Crippen molar-refractivity contribution in [2.24, 2.45) is 7.05 Å². The number of nitrogens with one attached hydrogen (secondary N) is 1. The van der Waals surface area contributed by atoms with Gasteiger partial charge in [-0.3, -0.25) is 9.48 Å². The van der Waals surface area contributed by atoms with Gasteiger partial charge in [0.15, 0.2) is 0 Å². The van der Waals surface area contributed by atoms with Crippen LogP contribution in [0.15, 0.2) is 60.8 Å². The third kappa shape index (κ3) is 5.26. The first-order valence-corrected chi connectivity index (χ1v) is 9.82. The second-order valence-electron chi connectivity index (χ2n) is 6.98. The van der Waals surface area contributed by atoms with E-state index in [-0.39, 0.29) is 24.6 Å². The molecule has 1 aromatic heterocycles. The fourth-order valence-corrected chi connectivity index (χ4v) is 3.09. The van der Waals surface area contributed by atoms with Gasteiger partial charge < -0.3 is 15.0 Å². The van der Waals surface area contributed by atoms with E-state index in [2.05, 4.69) is 10.4 Å². The Morgan fingerprint density at radius 1 is 1.10 bits per heavy atom. The minimum absolute atomic E-state index is 0.116. The highest BCUT2D eigenvalue weighted by Crippen LogP contribution is 2.20. The van der Waals surface area contributed by atoms with Crippen LogP contribution >= 0.6 is 0 Å². The van der Waals surface area contributed by atoms with Gasteiger partial charge in [-0.2, -0.15) is 5.10 Å². The van der Waals surface area contributed by atoms with Crippen molar-refractivity contribution in [3.8, 4) is 0 Å². The number of carbonyl (C=O) groups excluding carboxylic acids is 2. The van der Waals surface area contributed by atoms with E-state index in [4.69, 9.17) is 4.74 Å². The highest BCUT2D eigenvalue weighted by molar-refractivity contribution is 6.01. The Hall–Kier alpha value is -3.61. The SMILES string of the molecule is CCOC(=O)c1cnn(C)c1NC(=O)CN(Cc1ccccc1)c1ccc(C)cc1. The third-order valence-corrected chi connectivity index (χ3v) is 4.64. The quantitative estimate of drug-likeness (QED) is 0.579. The summed E-state index contributed by atoms with van der Waals surface area (Å²) in [5, 5.41) is 6.89. The van der Waals surface area contributed by atoms with Crippen LogP contribution < -0.4 is 10.2 Å². The van der Waals surface area contributed by atoms with Gasteiger partial charge >= 0.3 is 5.97 Å². The van der Waals surface area contributed by atoms with E-state index in [0.717, 1.165) is 16.8 Å². The van der Waals surface area contributed by atoms with Crippen LogP contribution in [-0.2, 0) is 23.1 Å². The molecule has 0 atom stereocenters. The molecular formula is C23H26N4O3. The van der Waals surface area contributed by atoms with E-state index >= 15 is 0 Å². The number of carbonyl (C=O) groups is 2. The lowest BCUT2D eigenvalue weighted by Gasteiger charge is -2.25. The van der Waals surface area contributed by atoms with Crippen molar-refractivity contribution in [1.82, 2.24) is 9.78 Å². The average Bonchev–Trinajstić information content (AvgIpc) is 3.09. The van der Waals surface area contributed by atoms with Crippen LogP contribution in [0.2, 0.25) is 0 Å². The Bertz CT molecular complexity index is 997. The zero-order valence-electron chi connectivity index (χ0n) is 17.5.